The first-order valence-corrected chi connectivity index (χ1v) is 12.0. The lowest BCUT2D eigenvalue weighted by Gasteiger charge is -2.29. The molecule has 0 spiro atoms. The van der Waals surface area contributed by atoms with Crippen LogP contribution in [0.5, 0.6) is 0 Å². The Morgan fingerprint density at radius 2 is 1.61 bits per heavy atom. The van der Waals surface area contributed by atoms with Crippen molar-refractivity contribution in [2.24, 2.45) is 5.92 Å². The lowest BCUT2D eigenvalue weighted by Crippen LogP contribution is -2.23. The molecule has 0 atom stereocenters. The van der Waals surface area contributed by atoms with E-state index < -0.39 is 35.7 Å². The summed E-state index contributed by atoms with van der Waals surface area (Å²) in [6.07, 6.45) is 3.05. The zero-order chi connectivity index (χ0) is 24.0. The smallest absolute Gasteiger partial charge is 0.316 e. The molecule has 1 aliphatic carbocycles. The van der Waals surface area contributed by atoms with Gasteiger partial charge in [0.05, 0.1) is 12.2 Å². The van der Waals surface area contributed by atoms with Crippen LogP contribution < -0.4 is 0 Å². The maximum Gasteiger partial charge on any atom is 0.386 e. The van der Waals surface area contributed by atoms with E-state index in [-0.39, 0.29) is 23.5 Å². The first kappa shape index (κ1) is 25.7. The number of alkyl halides is 2. The standard InChI is InChI=1S/C27H33F5O/c1-3-5-18-7-10-20(11-8-18)22-13-14-23(26(30)25(22)29)27(31,32)33-16-15-21-12-9-19(6-4-2)17-24(21)28/h9,12-14,17-18,20H,3-8,10-11,15-16H2,1-2H3. The van der Waals surface area contributed by atoms with Gasteiger partial charge in [0.2, 0.25) is 0 Å². The van der Waals surface area contributed by atoms with Gasteiger partial charge in [0.25, 0.3) is 0 Å². The number of ether oxygens (including phenoxy) is 1. The summed E-state index contributed by atoms with van der Waals surface area (Å²) in [4.78, 5) is 0. The molecule has 0 aliphatic heterocycles. The van der Waals surface area contributed by atoms with Crippen LogP contribution in [0.1, 0.15) is 87.0 Å². The highest BCUT2D eigenvalue weighted by Gasteiger charge is 2.38. The third-order valence-electron chi connectivity index (χ3n) is 6.72. The van der Waals surface area contributed by atoms with Gasteiger partial charge in [-0.1, -0.05) is 51.3 Å². The molecule has 0 unspecified atom stereocenters. The first-order valence-electron chi connectivity index (χ1n) is 12.0. The van der Waals surface area contributed by atoms with Crippen LogP contribution in [0.2, 0.25) is 0 Å². The molecule has 1 nitrogen and oxygen atoms in total. The number of rotatable bonds is 10. The average molecular weight is 469 g/mol. The van der Waals surface area contributed by atoms with E-state index in [1.54, 1.807) is 12.1 Å². The van der Waals surface area contributed by atoms with E-state index in [4.69, 9.17) is 0 Å². The molecule has 0 aromatic heterocycles. The highest BCUT2D eigenvalue weighted by Crippen LogP contribution is 2.41. The molecule has 3 rings (SSSR count). The summed E-state index contributed by atoms with van der Waals surface area (Å²) in [5, 5.41) is 0. The Hall–Kier alpha value is -1.95. The molecule has 2 aromatic rings. The van der Waals surface area contributed by atoms with E-state index in [0.29, 0.717) is 5.92 Å². The number of hydrogen-bond donors (Lipinski definition) is 0. The fourth-order valence-electron chi connectivity index (χ4n) is 4.88. The van der Waals surface area contributed by atoms with Crippen LogP contribution in [0.15, 0.2) is 30.3 Å². The summed E-state index contributed by atoms with van der Waals surface area (Å²) < 4.78 is 77.3. The second-order valence-corrected chi connectivity index (χ2v) is 9.13. The normalized spacial score (nSPS) is 19.1. The summed E-state index contributed by atoms with van der Waals surface area (Å²) in [5.41, 5.74) is 0.117. The molecule has 0 radical (unpaired) electrons. The Bertz CT molecular complexity index is 919. The zero-order valence-corrected chi connectivity index (χ0v) is 19.4. The fourth-order valence-corrected chi connectivity index (χ4v) is 4.88. The molecule has 0 N–H and O–H groups in total. The van der Waals surface area contributed by atoms with E-state index in [9.17, 15) is 22.0 Å². The van der Waals surface area contributed by atoms with Crippen molar-refractivity contribution in [2.75, 3.05) is 6.61 Å². The molecule has 1 fully saturated rings. The third kappa shape index (κ3) is 6.34. The molecule has 0 amide bonds. The maximum absolute atomic E-state index is 14.7. The minimum atomic E-state index is -4.01. The number of aryl methyl sites for hydroxylation is 1. The van der Waals surface area contributed by atoms with Crippen molar-refractivity contribution in [3.05, 3.63) is 70.0 Å². The Kier molecular flexibility index (Phi) is 8.91. The minimum Gasteiger partial charge on any atom is -0.316 e. The van der Waals surface area contributed by atoms with Crippen molar-refractivity contribution in [3.63, 3.8) is 0 Å². The zero-order valence-electron chi connectivity index (χ0n) is 19.4. The van der Waals surface area contributed by atoms with Gasteiger partial charge in [-0.05, 0) is 79.2 Å². The molecule has 2 aromatic carbocycles. The third-order valence-corrected chi connectivity index (χ3v) is 6.72. The van der Waals surface area contributed by atoms with Crippen LogP contribution in [0.4, 0.5) is 22.0 Å². The molecule has 0 saturated heterocycles. The van der Waals surface area contributed by atoms with Gasteiger partial charge in [0, 0.05) is 0 Å². The molecule has 182 valence electrons. The highest BCUT2D eigenvalue weighted by molar-refractivity contribution is 5.31. The summed E-state index contributed by atoms with van der Waals surface area (Å²) in [6, 6.07) is 6.88. The van der Waals surface area contributed by atoms with Crippen molar-refractivity contribution in [2.45, 2.75) is 83.7 Å². The van der Waals surface area contributed by atoms with Gasteiger partial charge >= 0.3 is 6.11 Å². The molecular weight excluding hydrogens is 435 g/mol. The molecule has 1 saturated carbocycles. The Morgan fingerprint density at radius 3 is 2.24 bits per heavy atom. The second-order valence-electron chi connectivity index (χ2n) is 9.13. The molecule has 0 bridgehead atoms. The van der Waals surface area contributed by atoms with Crippen molar-refractivity contribution >= 4 is 0 Å². The van der Waals surface area contributed by atoms with Gasteiger partial charge in [0.15, 0.2) is 11.6 Å². The second kappa shape index (κ2) is 11.5. The van der Waals surface area contributed by atoms with Gasteiger partial charge in [0.1, 0.15) is 5.82 Å². The van der Waals surface area contributed by atoms with E-state index in [1.807, 2.05) is 6.92 Å². The molecule has 33 heavy (non-hydrogen) atoms. The molecule has 1 aliphatic rings. The SMILES string of the molecule is CCCc1ccc(CCOC(F)(F)c2ccc(C3CCC(CCC)CC3)c(F)c2F)c(F)c1. The van der Waals surface area contributed by atoms with Crippen molar-refractivity contribution in [1.29, 1.82) is 0 Å². The van der Waals surface area contributed by atoms with Crippen molar-refractivity contribution in [1.82, 2.24) is 0 Å². The van der Waals surface area contributed by atoms with Crippen molar-refractivity contribution < 1.29 is 26.7 Å². The summed E-state index contributed by atoms with van der Waals surface area (Å²) in [6.45, 7) is 3.58. The van der Waals surface area contributed by atoms with Crippen LogP contribution in [0.3, 0.4) is 0 Å². The Labute approximate surface area is 193 Å². The van der Waals surface area contributed by atoms with E-state index in [0.717, 1.165) is 63.0 Å². The van der Waals surface area contributed by atoms with E-state index in [2.05, 4.69) is 11.7 Å². The molecular formula is C27H33F5O. The summed E-state index contributed by atoms with van der Waals surface area (Å²) in [7, 11) is 0. The monoisotopic (exact) mass is 468 g/mol. The topological polar surface area (TPSA) is 9.23 Å². The van der Waals surface area contributed by atoms with Crippen LogP contribution in [0, 0.1) is 23.4 Å². The molecule has 0 heterocycles. The largest absolute Gasteiger partial charge is 0.386 e. The van der Waals surface area contributed by atoms with Gasteiger partial charge in [-0.3, -0.25) is 0 Å². The minimum absolute atomic E-state index is 0.100. The van der Waals surface area contributed by atoms with Gasteiger partial charge in [-0.15, -0.1) is 0 Å². The van der Waals surface area contributed by atoms with Crippen LogP contribution in [-0.4, -0.2) is 6.61 Å². The number of hydrogen-bond acceptors (Lipinski definition) is 1. The predicted octanol–water partition coefficient (Wildman–Crippen LogP) is 8.44. The van der Waals surface area contributed by atoms with Gasteiger partial charge in [-0.25, -0.2) is 13.2 Å². The van der Waals surface area contributed by atoms with Gasteiger partial charge in [-0.2, -0.15) is 8.78 Å². The average Bonchev–Trinajstić information content (AvgIpc) is 2.78. The van der Waals surface area contributed by atoms with Crippen molar-refractivity contribution in [3.8, 4) is 0 Å². The highest BCUT2D eigenvalue weighted by atomic mass is 19.3. The number of benzene rings is 2. The van der Waals surface area contributed by atoms with Crippen LogP contribution in [0.25, 0.3) is 0 Å². The Balaban J connectivity index is 1.64. The quantitative estimate of drug-likeness (QED) is 0.318. The fraction of sp³-hybridized carbons (Fsp3) is 0.556. The first-order chi connectivity index (χ1) is 15.8. The van der Waals surface area contributed by atoms with Crippen LogP contribution in [-0.2, 0) is 23.7 Å². The van der Waals surface area contributed by atoms with E-state index >= 15 is 0 Å². The molecule has 6 heteroatoms. The lowest BCUT2D eigenvalue weighted by atomic mass is 9.77. The number of halogens is 5. The summed E-state index contributed by atoms with van der Waals surface area (Å²) >= 11 is 0. The predicted molar refractivity (Wildman–Crippen MR) is 120 cm³/mol. The Morgan fingerprint density at radius 1 is 0.879 bits per heavy atom. The van der Waals surface area contributed by atoms with Gasteiger partial charge < -0.3 is 4.74 Å². The van der Waals surface area contributed by atoms with Crippen LogP contribution >= 0.6 is 0 Å². The summed E-state index contributed by atoms with van der Waals surface area (Å²) in [5.74, 6) is -2.82. The maximum atomic E-state index is 14.7. The van der Waals surface area contributed by atoms with E-state index in [1.165, 1.54) is 12.1 Å². The lowest BCUT2D eigenvalue weighted by molar-refractivity contribution is -0.250.